The van der Waals surface area contributed by atoms with Crippen LogP contribution in [0.4, 0.5) is 5.69 Å². The number of amides is 1. The summed E-state index contributed by atoms with van der Waals surface area (Å²) in [5.74, 6) is 0.0569. The second-order valence-corrected chi connectivity index (χ2v) is 6.18. The van der Waals surface area contributed by atoms with Crippen molar-refractivity contribution in [1.82, 2.24) is 15.1 Å². The molecule has 0 aromatic carbocycles. The Morgan fingerprint density at radius 1 is 1.55 bits per heavy atom. The summed E-state index contributed by atoms with van der Waals surface area (Å²) in [7, 11) is 0. The van der Waals surface area contributed by atoms with Crippen LogP contribution in [-0.2, 0) is 0 Å². The Balaban J connectivity index is 1.92. The first-order valence-electron chi connectivity index (χ1n) is 7.03. The van der Waals surface area contributed by atoms with Crippen LogP contribution in [0.25, 0.3) is 10.2 Å². The summed E-state index contributed by atoms with van der Waals surface area (Å²) in [6.07, 6.45) is 5.95. The highest BCUT2D eigenvalue weighted by atomic mass is 32.1. The molecule has 2 aromatic rings. The van der Waals surface area contributed by atoms with Crippen molar-refractivity contribution < 1.29 is 4.79 Å². The summed E-state index contributed by atoms with van der Waals surface area (Å²) < 4.78 is 0. The van der Waals surface area contributed by atoms with Gasteiger partial charge < -0.3 is 10.6 Å². The molecular weight excluding hydrogens is 272 g/mol. The molecular formula is C14H18N4OS. The van der Waals surface area contributed by atoms with Crippen molar-refractivity contribution in [3.63, 3.8) is 0 Å². The van der Waals surface area contributed by atoms with Gasteiger partial charge in [-0.25, -0.2) is 0 Å². The van der Waals surface area contributed by atoms with Crippen LogP contribution >= 0.6 is 11.3 Å². The SMILES string of the molecule is CCCCN(C(=O)c1sc2nnccc2c1N)C1CC1. The molecule has 1 aliphatic rings. The van der Waals surface area contributed by atoms with Crippen molar-refractivity contribution in [2.75, 3.05) is 12.3 Å². The first-order chi connectivity index (χ1) is 9.72. The van der Waals surface area contributed by atoms with Crippen molar-refractivity contribution in [3.05, 3.63) is 17.1 Å². The third-order valence-corrected chi connectivity index (χ3v) is 4.71. The highest BCUT2D eigenvalue weighted by Crippen LogP contribution is 2.35. The van der Waals surface area contributed by atoms with Crippen LogP contribution in [0.15, 0.2) is 12.3 Å². The minimum Gasteiger partial charge on any atom is -0.397 e. The van der Waals surface area contributed by atoms with Crippen LogP contribution in [0, 0.1) is 0 Å². The van der Waals surface area contributed by atoms with Gasteiger partial charge in [-0.15, -0.1) is 16.4 Å². The second kappa shape index (κ2) is 5.36. The number of rotatable bonds is 5. The molecule has 5 nitrogen and oxygen atoms in total. The molecule has 3 rings (SSSR count). The van der Waals surface area contributed by atoms with Gasteiger partial charge in [-0.1, -0.05) is 13.3 Å². The number of nitrogen functional groups attached to an aromatic ring is 1. The van der Waals surface area contributed by atoms with Crippen molar-refractivity contribution in [1.29, 1.82) is 0 Å². The average Bonchev–Trinajstić information content (AvgIpc) is 3.24. The summed E-state index contributed by atoms with van der Waals surface area (Å²) in [6.45, 7) is 2.96. The van der Waals surface area contributed by atoms with E-state index in [1.54, 1.807) is 6.20 Å². The molecule has 106 valence electrons. The first kappa shape index (κ1) is 13.3. The Hall–Kier alpha value is -1.69. The number of carbonyl (C=O) groups excluding carboxylic acids is 1. The largest absolute Gasteiger partial charge is 0.397 e. The average molecular weight is 290 g/mol. The molecule has 20 heavy (non-hydrogen) atoms. The fourth-order valence-corrected chi connectivity index (χ4v) is 3.32. The predicted octanol–water partition coefficient (Wildman–Crippen LogP) is 2.68. The van der Waals surface area contributed by atoms with Gasteiger partial charge in [-0.3, -0.25) is 4.79 Å². The summed E-state index contributed by atoms with van der Waals surface area (Å²) in [4.78, 5) is 16.1. The fraction of sp³-hybridized carbons (Fsp3) is 0.500. The lowest BCUT2D eigenvalue weighted by Crippen LogP contribution is -2.33. The zero-order chi connectivity index (χ0) is 14.1. The molecule has 0 unspecified atom stereocenters. The monoisotopic (exact) mass is 290 g/mol. The number of nitrogens with two attached hydrogens (primary N) is 1. The molecule has 0 aliphatic heterocycles. The lowest BCUT2D eigenvalue weighted by atomic mass is 10.2. The van der Waals surface area contributed by atoms with Gasteiger partial charge in [0, 0.05) is 18.0 Å². The van der Waals surface area contributed by atoms with Gasteiger partial charge in [-0.05, 0) is 25.3 Å². The van der Waals surface area contributed by atoms with Crippen molar-refractivity contribution >= 4 is 33.1 Å². The van der Waals surface area contributed by atoms with Gasteiger partial charge in [0.1, 0.15) is 9.71 Å². The van der Waals surface area contributed by atoms with Gasteiger partial charge in [0.2, 0.25) is 0 Å². The quantitative estimate of drug-likeness (QED) is 0.919. The Kier molecular flexibility index (Phi) is 3.56. The molecule has 1 aliphatic carbocycles. The molecule has 2 N–H and O–H groups in total. The maximum Gasteiger partial charge on any atom is 0.266 e. The van der Waals surface area contributed by atoms with E-state index >= 15 is 0 Å². The third kappa shape index (κ3) is 2.35. The zero-order valence-corrected chi connectivity index (χ0v) is 12.3. The van der Waals surface area contributed by atoms with E-state index in [4.69, 9.17) is 5.73 Å². The number of hydrogen-bond acceptors (Lipinski definition) is 5. The zero-order valence-electron chi connectivity index (χ0n) is 11.5. The van der Waals surface area contributed by atoms with Crippen LogP contribution in [0.3, 0.4) is 0 Å². The van der Waals surface area contributed by atoms with E-state index < -0.39 is 0 Å². The maximum atomic E-state index is 12.7. The molecule has 0 atom stereocenters. The van der Waals surface area contributed by atoms with Crippen LogP contribution in [0.2, 0.25) is 0 Å². The number of fused-ring (bicyclic) bond motifs is 1. The number of hydrogen-bond donors (Lipinski definition) is 1. The number of unbranched alkanes of at least 4 members (excludes halogenated alkanes) is 1. The Morgan fingerprint density at radius 3 is 3.00 bits per heavy atom. The predicted molar refractivity (Wildman–Crippen MR) is 80.8 cm³/mol. The van der Waals surface area contributed by atoms with Gasteiger partial charge in [-0.2, -0.15) is 5.10 Å². The van der Waals surface area contributed by atoms with Crippen molar-refractivity contribution in [3.8, 4) is 0 Å². The number of aromatic nitrogens is 2. The summed E-state index contributed by atoms with van der Waals surface area (Å²) in [5, 5.41) is 8.73. The molecule has 0 radical (unpaired) electrons. The first-order valence-corrected chi connectivity index (χ1v) is 7.84. The highest BCUT2D eigenvalue weighted by molar-refractivity contribution is 7.21. The summed E-state index contributed by atoms with van der Waals surface area (Å²) in [6, 6.07) is 2.23. The molecule has 0 saturated heterocycles. The minimum absolute atomic E-state index is 0.0569. The number of carbonyl (C=O) groups is 1. The van der Waals surface area contributed by atoms with Gasteiger partial charge >= 0.3 is 0 Å². The normalized spacial score (nSPS) is 14.7. The molecule has 0 spiro atoms. The molecule has 0 bridgehead atoms. The Labute approximate surface area is 121 Å². The molecule has 6 heteroatoms. The molecule has 1 saturated carbocycles. The highest BCUT2D eigenvalue weighted by Gasteiger charge is 2.34. The van der Waals surface area contributed by atoms with E-state index in [0.29, 0.717) is 16.6 Å². The van der Waals surface area contributed by atoms with Crippen molar-refractivity contribution in [2.45, 2.75) is 38.6 Å². The number of thiophene rings is 1. The molecule has 2 aromatic heterocycles. The molecule has 1 amide bonds. The lowest BCUT2D eigenvalue weighted by molar-refractivity contribution is 0.0746. The molecule has 1 fully saturated rings. The van der Waals surface area contributed by atoms with Gasteiger partial charge in [0.25, 0.3) is 5.91 Å². The second-order valence-electron chi connectivity index (χ2n) is 5.18. The summed E-state index contributed by atoms with van der Waals surface area (Å²) in [5.41, 5.74) is 6.67. The fourth-order valence-electron chi connectivity index (χ4n) is 2.33. The van der Waals surface area contributed by atoms with Crippen LogP contribution in [-0.4, -0.2) is 33.6 Å². The summed E-state index contributed by atoms with van der Waals surface area (Å²) >= 11 is 1.35. The van der Waals surface area contributed by atoms with Crippen LogP contribution in [0.1, 0.15) is 42.3 Å². The van der Waals surface area contributed by atoms with Gasteiger partial charge in [0.05, 0.1) is 11.9 Å². The van der Waals surface area contributed by atoms with E-state index in [1.807, 2.05) is 11.0 Å². The van der Waals surface area contributed by atoms with Gasteiger partial charge in [0.15, 0.2) is 0 Å². The minimum atomic E-state index is 0.0569. The maximum absolute atomic E-state index is 12.7. The van der Waals surface area contributed by atoms with Crippen LogP contribution < -0.4 is 5.73 Å². The standard InChI is InChI=1S/C14H18N4OS/c1-2-3-8-18(9-4-5-9)14(19)12-11(15)10-6-7-16-17-13(10)20-12/h6-7,9H,2-5,8,15H2,1H3. The van der Waals surface area contributed by atoms with Crippen LogP contribution in [0.5, 0.6) is 0 Å². The topological polar surface area (TPSA) is 72.1 Å². The van der Waals surface area contributed by atoms with E-state index in [9.17, 15) is 4.79 Å². The third-order valence-electron chi connectivity index (χ3n) is 3.62. The van der Waals surface area contributed by atoms with Crippen molar-refractivity contribution in [2.24, 2.45) is 0 Å². The smallest absolute Gasteiger partial charge is 0.266 e. The number of anilines is 1. The molecule has 2 heterocycles. The Morgan fingerprint density at radius 2 is 2.35 bits per heavy atom. The van der Waals surface area contributed by atoms with E-state index in [1.165, 1.54) is 11.3 Å². The van der Waals surface area contributed by atoms with E-state index in [-0.39, 0.29) is 5.91 Å². The Bertz CT molecular complexity index is 635. The van der Waals surface area contributed by atoms with E-state index in [0.717, 1.165) is 42.4 Å². The number of nitrogens with zero attached hydrogens (tertiary/aromatic N) is 3. The van der Waals surface area contributed by atoms with E-state index in [2.05, 4.69) is 17.1 Å². The lowest BCUT2D eigenvalue weighted by Gasteiger charge is -2.21.